The van der Waals surface area contributed by atoms with Crippen molar-refractivity contribution in [3.63, 3.8) is 0 Å². The Morgan fingerprint density at radius 2 is 2.05 bits per heavy atom. The highest BCUT2D eigenvalue weighted by molar-refractivity contribution is 5.94. The van der Waals surface area contributed by atoms with Crippen LogP contribution in [-0.4, -0.2) is 21.7 Å². The van der Waals surface area contributed by atoms with Gasteiger partial charge in [0.15, 0.2) is 0 Å². The number of nitrogens with zero attached hydrogens (tertiary/aromatic N) is 2. The third-order valence-electron chi connectivity index (χ3n) is 3.39. The van der Waals surface area contributed by atoms with Gasteiger partial charge in [-0.15, -0.1) is 0 Å². The Balaban J connectivity index is 2.61. The van der Waals surface area contributed by atoms with E-state index in [-0.39, 0.29) is 0 Å². The van der Waals surface area contributed by atoms with Crippen molar-refractivity contribution < 1.29 is 5.11 Å². The Bertz CT molecular complexity index is 641. The molecular weight excluding hydrogens is 238 g/mol. The van der Waals surface area contributed by atoms with E-state index in [1.165, 1.54) is 0 Å². The first-order chi connectivity index (χ1) is 8.95. The summed E-state index contributed by atoms with van der Waals surface area (Å²) in [5, 5.41) is 23.2. The zero-order chi connectivity index (χ0) is 14.0. The fraction of sp³-hybridized carbons (Fsp3) is 0.333. The third-order valence-corrected chi connectivity index (χ3v) is 3.39. The molecule has 1 aromatic heterocycles. The average molecular weight is 255 g/mol. The molecule has 0 radical (unpaired) electrons. The third kappa shape index (κ3) is 2.51. The Hall–Kier alpha value is -2.12. The van der Waals surface area contributed by atoms with E-state index in [1.54, 1.807) is 13.1 Å². The molecule has 19 heavy (non-hydrogen) atoms. The topological polar surface area (TPSA) is 68.9 Å². The van der Waals surface area contributed by atoms with Crippen molar-refractivity contribution in [1.82, 2.24) is 4.98 Å². The van der Waals surface area contributed by atoms with Crippen LogP contribution in [0.15, 0.2) is 30.5 Å². The molecule has 0 aliphatic rings. The highest BCUT2D eigenvalue weighted by Gasteiger charge is 2.25. The zero-order valence-electron chi connectivity index (χ0n) is 11.3. The van der Waals surface area contributed by atoms with Crippen molar-refractivity contribution in [2.45, 2.75) is 32.4 Å². The quantitative estimate of drug-likeness (QED) is 0.884. The summed E-state index contributed by atoms with van der Waals surface area (Å²) in [7, 11) is 0. The van der Waals surface area contributed by atoms with E-state index < -0.39 is 11.6 Å². The molecule has 0 fully saturated rings. The molecule has 1 heterocycles. The molecule has 0 aliphatic heterocycles. The molecule has 1 aromatic carbocycles. The van der Waals surface area contributed by atoms with Crippen molar-refractivity contribution in [1.29, 1.82) is 5.26 Å². The largest absolute Gasteiger partial charge is 0.391 e. The fourth-order valence-corrected chi connectivity index (χ4v) is 1.79. The van der Waals surface area contributed by atoms with Gasteiger partial charge < -0.3 is 10.4 Å². The molecule has 2 rings (SSSR count). The first-order valence-electron chi connectivity index (χ1n) is 6.20. The lowest BCUT2D eigenvalue weighted by molar-refractivity contribution is 0.133. The number of aliphatic hydroxyl groups is 1. The zero-order valence-corrected chi connectivity index (χ0v) is 11.3. The van der Waals surface area contributed by atoms with Gasteiger partial charge in [0.2, 0.25) is 0 Å². The van der Waals surface area contributed by atoms with E-state index in [0.29, 0.717) is 5.56 Å². The number of rotatable bonds is 3. The van der Waals surface area contributed by atoms with Crippen LogP contribution in [0.3, 0.4) is 0 Å². The van der Waals surface area contributed by atoms with Crippen LogP contribution >= 0.6 is 0 Å². The van der Waals surface area contributed by atoms with E-state index in [0.717, 1.165) is 16.6 Å². The van der Waals surface area contributed by atoms with Crippen molar-refractivity contribution in [2.24, 2.45) is 0 Å². The van der Waals surface area contributed by atoms with Crippen LogP contribution in [0, 0.1) is 11.3 Å². The smallest absolute Gasteiger partial charge is 0.103 e. The summed E-state index contributed by atoms with van der Waals surface area (Å²) in [6.45, 7) is 5.52. The van der Waals surface area contributed by atoms with Crippen LogP contribution in [0.1, 0.15) is 26.3 Å². The molecule has 0 bridgehead atoms. The molecule has 0 saturated carbocycles. The number of fused-ring (bicyclic) bond motifs is 1. The minimum atomic E-state index is -0.550. The summed E-state index contributed by atoms with van der Waals surface area (Å²) in [5.41, 5.74) is 1.49. The van der Waals surface area contributed by atoms with Gasteiger partial charge in [-0.1, -0.05) is 18.2 Å². The van der Waals surface area contributed by atoms with Crippen molar-refractivity contribution in [2.75, 3.05) is 5.32 Å². The van der Waals surface area contributed by atoms with Gasteiger partial charge in [0.1, 0.15) is 6.07 Å². The molecule has 2 aromatic rings. The summed E-state index contributed by atoms with van der Waals surface area (Å²) in [6, 6.07) is 9.78. The van der Waals surface area contributed by atoms with Gasteiger partial charge in [0.25, 0.3) is 0 Å². The summed E-state index contributed by atoms with van der Waals surface area (Å²) >= 11 is 0. The predicted molar refractivity (Wildman–Crippen MR) is 75.8 cm³/mol. The second-order valence-corrected chi connectivity index (χ2v) is 5.20. The maximum Gasteiger partial charge on any atom is 0.103 e. The SMILES string of the molecule is CC(O)C(C)(C)Nc1c(C#N)cnc2ccccc12. The normalized spacial score (nSPS) is 13.0. The second kappa shape index (κ2) is 4.87. The Labute approximate surface area is 112 Å². The number of hydrogen-bond donors (Lipinski definition) is 2. The fourth-order valence-electron chi connectivity index (χ4n) is 1.79. The van der Waals surface area contributed by atoms with Crippen LogP contribution in [0.5, 0.6) is 0 Å². The van der Waals surface area contributed by atoms with Crippen molar-refractivity contribution in [3.8, 4) is 6.07 Å². The van der Waals surface area contributed by atoms with Crippen molar-refractivity contribution >= 4 is 16.6 Å². The van der Waals surface area contributed by atoms with Gasteiger partial charge in [0, 0.05) is 11.6 Å². The number of para-hydroxylation sites is 1. The van der Waals surface area contributed by atoms with Crippen LogP contribution in [0.2, 0.25) is 0 Å². The molecule has 0 saturated heterocycles. The lowest BCUT2D eigenvalue weighted by Crippen LogP contribution is -2.42. The number of anilines is 1. The number of aromatic nitrogens is 1. The van der Waals surface area contributed by atoms with E-state index in [1.807, 2.05) is 38.1 Å². The number of aliphatic hydroxyl groups excluding tert-OH is 1. The maximum atomic E-state index is 9.82. The number of nitriles is 1. The number of benzene rings is 1. The molecule has 98 valence electrons. The summed E-state index contributed by atoms with van der Waals surface area (Å²) in [5.74, 6) is 0. The van der Waals surface area contributed by atoms with Gasteiger partial charge in [0.05, 0.1) is 28.4 Å². The van der Waals surface area contributed by atoms with Crippen LogP contribution in [-0.2, 0) is 0 Å². The number of nitrogens with one attached hydrogen (secondary N) is 1. The lowest BCUT2D eigenvalue weighted by atomic mass is 9.97. The van der Waals surface area contributed by atoms with E-state index >= 15 is 0 Å². The van der Waals surface area contributed by atoms with E-state index in [9.17, 15) is 10.4 Å². The Kier molecular flexibility index (Phi) is 3.41. The van der Waals surface area contributed by atoms with Gasteiger partial charge in [-0.25, -0.2) is 0 Å². The van der Waals surface area contributed by atoms with Crippen LogP contribution in [0.4, 0.5) is 5.69 Å². The van der Waals surface area contributed by atoms with Gasteiger partial charge in [-0.2, -0.15) is 5.26 Å². The molecule has 2 N–H and O–H groups in total. The Morgan fingerprint density at radius 1 is 1.37 bits per heavy atom. The number of pyridine rings is 1. The van der Waals surface area contributed by atoms with Gasteiger partial charge >= 0.3 is 0 Å². The Morgan fingerprint density at radius 3 is 2.68 bits per heavy atom. The minimum Gasteiger partial charge on any atom is -0.391 e. The highest BCUT2D eigenvalue weighted by atomic mass is 16.3. The maximum absolute atomic E-state index is 9.82. The average Bonchev–Trinajstić information content (AvgIpc) is 2.38. The monoisotopic (exact) mass is 255 g/mol. The highest BCUT2D eigenvalue weighted by Crippen LogP contribution is 2.29. The summed E-state index contributed by atoms with van der Waals surface area (Å²) < 4.78 is 0. The standard InChI is InChI=1S/C15H17N3O/c1-10(19)15(2,3)18-14-11(8-16)9-17-13-7-5-4-6-12(13)14/h4-7,9-10,19H,1-3H3,(H,17,18). The summed E-state index contributed by atoms with van der Waals surface area (Å²) in [4.78, 5) is 4.26. The first kappa shape index (κ1) is 13.3. The molecule has 0 spiro atoms. The van der Waals surface area contributed by atoms with Crippen LogP contribution < -0.4 is 5.32 Å². The lowest BCUT2D eigenvalue weighted by Gasteiger charge is -2.31. The van der Waals surface area contributed by atoms with Gasteiger partial charge in [-0.3, -0.25) is 4.98 Å². The van der Waals surface area contributed by atoms with E-state index in [4.69, 9.17) is 0 Å². The molecule has 0 aliphatic carbocycles. The summed E-state index contributed by atoms with van der Waals surface area (Å²) in [6.07, 6.45) is 1.01. The first-order valence-corrected chi connectivity index (χ1v) is 6.20. The second-order valence-electron chi connectivity index (χ2n) is 5.20. The molecule has 1 unspecified atom stereocenters. The van der Waals surface area contributed by atoms with Gasteiger partial charge in [-0.05, 0) is 26.8 Å². The number of hydrogen-bond acceptors (Lipinski definition) is 4. The molecule has 4 heteroatoms. The molecular formula is C15H17N3O. The van der Waals surface area contributed by atoms with E-state index in [2.05, 4.69) is 16.4 Å². The van der Waals surface area contributed by atoms with Crippen molar-refractivity contribution in [3.05, 3.63) is 36.0 Å². The van der Waals surface area contributed by atoms with Crippen LogP contribution in [0.25, 0.3) is 10.9 Å². The molecule has 1 atom stereocenters. The molecule has 4 nitrogen and oxygen atoms in total. The minimum absolute atomic E-state index is 0.479. The molecule has 0 amide bonds. The predicted octanol–water partition coefficient (Wildman–Crippen LogP) is 2.68.